The second-order valence-electron chi connectivity index (χ2n) is 7.38. The number of aromatic nitrogens is 2. The molecule has 4 rings (SSSR count). The smallest absolute Gasteiger partial charge is 0.230 e. The van der Waals surface area contributed by atoms with Gasteiger partial charge in [-0.1, -0.05) is 18.2 Å². The number of nitrogens with zero attached hydrogens (tertiary/aromatic N) is 2. The minimum atomic E-state index is -0.377. The fourth-order valence-electron chi connectivity index (χ4n) is 3.56. The van der Waals surface area contributed by atoms with Gasteiger partial charge in [-0.25, -0.2) is 4.39 Å². The maximum Gasteiger partial charge on any atom is 0.230 e. The number of hydrogen-bond donors (Lipinski definition) is 2. The molecule has 0 aliphatic heterocycles. The minimum absolute atomic E-state index is 0.0571. The van der Waals surface area contributed by atoms with E-state index in [2.05, 4.69) is 18.3 Å². The lowest BCUT2D eigenvalue weighted by Gasteiger charge is -2.09. The van der Waals surface area contributed by atoms with Gasteiger partial charge in [-0.3, -0.25) is 9.36 Å². The van der Waals surface area contributed by atoms with Gasteiger partial charge in [0.05, 0.1) is 17.8 Å². The highest BCUT2D eigenvalue weighted by Gasteiger charge is 2.21. The number of rotatable bonds is 7. The zero-order chi connectivity index (χ0) is 22.7. The third-order valence-electron chi connectivity index (χ3n) is 5.22. The number of nitrogens with one attached hydrogen (secondary N) is 1. The fourth-order valence-corrected chi connectivity index (χ4v) is 4.85. The van der Waals surface area contributed by atoms with E-state index in [0.29, 0.717) is 22.7 Å². The molecule has 2 aromatic carbocycles. The molecule has 0 radical (unpaired) electrons. The molecule has 164 valence electrons. The first-order chi connectivity index (χ1) is 15.4. The first-order valence-electron chi connectivity index (χ1n) is 10.1. The van der Waals surface area contributed by atoms with Gasteiger partial charge in [0.2, 0.25) is 11.8 Å². The van der Waals surface area contributed by atoms with E-state index in [1.54, 1.807) is 15.9 Å². The molecule has 0 saturated heterocycles. The van der Waals surface area contributed by atoms with E-state index in [9.17, 15) is 14.3 Å². The number of carbonyl (C=O) groups excluding carboxylic acids is 1. The highest BCUT2D eigenvalue weighted by molar-refractivity contribution is 7.71. The highest BCUT2D eigenvalue weighted by Crippen LogP contribution is 2.27. The van der Waals surface area contributed by atoms with E-state index in [1.165, 1.54) is 34.7 Å². The molecule has 0 bridgehead atoms. The Balaban J connectivity index is 1.67. The molecular weight excluding hydrogens is 445 g/mol. The summed E-state index contributed by atoms with van der Waals surface area (Å²) in [4.78, 5) is 14.0. The largest absolute Gasteiger partial charge is 0.493 e. The molecule has 0 atom stereocenters. The molecule has 2 N–H and O–H groups in total. The standard InChI is InChI=1S/C24H22FN3O2S2/c1-16-12-14-32-21(16)11-13-27-20(15-22(29)26-18-9-7-17(25)8-10-18)23(30)28(24(27)31)19-5-3-2-4-6-19/h2-10,12,14,30H,11,13,15H2,1H3,(H,26,29). The van der Waals surface area contributed by atoms with Crippen LogP contribution in [0, 0.1) is 17.5 Å². The molecule has 5 nitrogen and oxygen atoms in total. The number of hydrogen-bond acceptors (Lipinski definition) is 4. The minimum Gasteiger partial charge on any atom is -0.493 e. The summed E-state index contributed by atoms with van der Waals surface area (Å²) in [6, 6.07) is 16.9. The summed E-state index contributed by atoms with van der Waals surface area (Å²) < 4.78 is 17.0. The van der Waals surface area contributed by atoms with Gasteiger partial charge in [0.1, 0.15) is 5.82 Å². The molecular formula is C24H22FN3O2S2. The number of para-hydroxylation sites is 1. The number of benzene rings is 2. The van der Waals surface area contributed by atoms with Crippen LogP contribution in [0.3, 0.4) is 0 Å². The van der Waals surface area contributed by atoms with Crippen molar-refractivity contribution in [3.63, 3.8) is 0 Å². The number of halogens is 1. The summed E-state index contributed by atoms with van der Waals surface area (Å²) in [5, 5.41) is 15.9. The van der Waals surface area contributed by atoms with Crippen LogP contribution in [0.4, 0.5) is 10.1 Å². The molecule has 32 heavy (non-hydrogen) atoms. The van der Waals surface area contributed by atoms with E-state index in [4.69, 9.17) is 12.2 Å². The van der Waals surface area contributed by atoms with Crippen LogP contribution in [-0.2, 0) is 24.2 Å². The van der Waals surface area contributed by atoms with Crippen molar-refractivity contribution in [3.05, 3.63) is 92.8 Å². The van der Waals surface area contributed by atoms with Crippen LogP contribution >= 0.6 is 23.6 Å². The van der Waals surface area contributed by atoms with Crippen molar-refractivity contribution < 1.29 is 14.3 Å². The number of thiophene rings is 1. The zero-order valence-corrected chi connectivity index (χ0v) is 19.0. The summed E-state index contributed by atoms with van der Waals surface area (Å²) in [5.74, 6) is -0.760. The van der Waals surface area contributed by atoms with E-state index in [-0.39, 0.29) is 24.0 Å². The number of aromatic hydroxyl groups is 1. The second-order valence-corrected chi connectivity index (χ2v) is 8.75. The van der Waals surface area contributed by atoms with Gasteiger partial charge < -0.3 is 15.0 Å². The quantitative estimate of drug-likeness (QED) is 0.346. The van der Waals surface area contributed by atoms with Gasteiger partial charge in [-0.05, 0) is 72.5 Å². The van der Waals surface area contributed by atoms with E-state index in [1.807, 2.05) is 40.3 Å². The summed E-state index contributed by atoms with van der Waals surface area (Å²) in [6.07, 6.45) is 0.665. The van der Waals surface area contributed by atoms with Crippen molar-refractivity contribution in [1.82, 2.24) is 9.13 Å². The number of carbonyl (C=O) groups is 1. The molecule has 0 saturated carbocycles. The van der Waals surface area contributed by atoms with Gasteiger partial charge in [0.25, 0.3) is 0 Å². The van der Waals surface area contributed by atoms with Crippen molar-refractivity contribution in [2.75, 3.05) is 5.32 Å². The third-order valence-corrected chi connectivity index (χ3v) is 6.70. The van der Waals surface area contributed by atoms with Crippen LogP contribution in [0.2, 0.25) is 0 Å². The lowest BCUT2D eigenvalue weighted by atomic mass is 10.2. The average Bonchev–Trinajstić information content (AvgIpc) is 3.29. The van der Waals surface area contributed by atoms with Gasteiger partial charge in [0, 0.05) is 23.5 Å². The molecule has 2 aromatic heterocycles. The van der Waals surface area contributed by atoms with Crippen LogP contribution in [-0.4, -0.2) is 20.1 Å². The maximum atomic E-state index is 13.2. The second kappa shape index (κ2) is 9.50. The third kappa shape index (κ3) is 4.66. The number of aryl methyl sites for hydroxylation is 2. The maximum absolute atomic E-state index is 13.2. The Bertz CT molecular complexity index is 1290. The van der Waals surface area contributed by atoms with Crippen LogP contribution in [0.25, 0.3) is 5.69 Å². The Morgan fingerprint density at radius 3 is 2.50 bits per heavy atom. The number of amides is 1. The van der Waals surface area contributed by atoms with Crippen molar-refractivity contribution in [2.24, 2.45) is 0 Å². The van der Waals surface area contributed by atoms with Crippen molar-refractivity contribution in [3.8, 4) is 11.6 Å². The zero-order valence-electron chi connectivity index (χ0n) is 17.4. The fraction of sp³-hybridized carbons (Fsp3) is 0.167. The highest BCUT2D eigenvalue weighted by atomic mass is 32.1. The van der Waals surface area contributed by atoms with Gasteiger partial charge in [-0.15, -0.1) is 11.3 Å². The van der Waals surface area contributed by atoms with Gasteiger partial charge >= 0.3 is 0 Å². The van der Waals surface area contributed by atoms with Crippen LogP contribution in [0.1, 0.15) is 16.1 Å². The van der Waals surface area contributed by atoms with Crippen molar-refractivity contribution in [1.29, 1.82) is 0 Å². The average molecular weight is 468 g/mol. The van der Waals surface area contributed by atoms with Crippen LogP contribution in [0.15, 0.2) is 66.0 Å². The van der Waals surface area contributed by atoms with Crippen molar-refractivity contribution in [2.45, 2.75) is 26.3 Å². The lowest BCUT2D eigenvalue weighted by Crippen LogP contribution is -2.17. The molecule has 0 aliphatic carbocycles. The Labute approximate surface area is 194 Å². The summed E-state index contributed by atoms with van der Waals surface area (Å²) in [5.41, 5.74) is 2.86. The summed E-state index contributed by atoms with van der Waals surface area (Å²) >= 11 is 7.38. The molecule has 0 aliphatic rings. The molecule has 2 heterocycles. The first-order valence-corrected chi connectivity index (χ1v) is 11.4. The number of anilines is 1. The topological polar surface area (TPSA) is 59.2 Å². The van der Waals surface area contributed by atoms with E-state index < -0.39 is 0 Å². The van der Waals surface area contributed by atoms with Crippen LogP contribution < -0.4 is 5.32 Å². The molecule has 0 fully saturated rings. The summed E-state index contributed by atoms with van der Waals surface area (Å²) in [7, 11) is 0. The molecule has 4 aromatic rings. The SMILES string of the molecule is Cc1ccsc1CCn1c(CC(=O)Nc2ccc(F)cc2)c(O)n(-c2ccccc2)c1=S. The predicted octanol–water partition coefficient (Wildman–Crippen LogP) is 5.65. The van der Waals surface area contributed by atoms with Gasteiger partial charge in [0.15, 0.2) is 4.77 Å². The Kier molecular flexibility index (Phi) is 6.53. The number of imidazole rings is 1. The summed E-state index contributed by atoms with van der Waals surface area (Å²) in [6.45, 7) is 2.60. The normalized spacial score (nSPS) is 10.9. The molecule has 1 amide bonds. The molecule has 0 unspecified atom stereocenters. The molecule has 0 spiro atoms. The van der Waals surface area contributed by atoms with Crippen molar-refractivity contribution >= 4 is 35.1 Å². The Morgan fingerprint density at radius 1 is 1.12 bits per heavy atom. The predicted molar refractivity (Wildman–Crippen MR) is 128 cm³/mol. The lowest BCUT2D eigenvalue weighted by molar-refractivity contribution is -0.115. The van der Waals surface area contributed by atoms with Crippen LogP contribution in [0.5, 0.6) is 5.88 Å². The Morgan fingerprint density at radius 2 is 1.84 bits per heavy atom. The van der Waals surface area contributed by atoms with E-state index in [0.717, 1.165) is 12.1 Å². The van der Waals surface area contributed by atoms with Gasteiger partial charge in [-0.2, -0.15) is 0 Å². The molecule has 8 heteroatoms. The van der Waals surface area contributed by atoms with E-state index >= 15 is 0 Å². The monoisotopic (exact) mass is 467 g/mol. The Hall–Kier alpha value is -3.23. The first kappa shape index (κ1) is 22.0.